The van der Waals surface area contributed by atoms with Crippen LogP contribution in [0, 0.1) is 0 Å². The number of nitrogens with zero attached hydrogens (tertiary/aromatic N) is 2. The van der Waals surface area contributed by atoms with Gasteiger partial charge in [-0.2, -0.15) is 0 Å². The number of hydrogen-bond donors (Lipinski definition) is 1. The van der Waals surface area contributed by atoms with E-state index in [0.717, 1.165) is 28.8 Å². The predicted octanol–water partition coefficient (Wildman–Crippen LogP) is 4.89. The Morgan fingerprint density at radius 1 is 1.17 bits per heavy atom. The number of ether oxygens (including phenoxy) is 1. The molecule has 0 bridgehead atoms. The van der Waals surface area contributed by atoms with Gasteiger partial charge in [-0.1, -0.05) is 24.6 Å². The van der Waals surface area contributed by atoms with Crippen molar-refractivity contribution >= 4 is 16.9 Å². The number of hydrogen-bond acceptors (Lipinski definition) is 4. The van der Waals surface area contributed by atoms with Gasteiger partial charge in [0.1, 0.15) is 5.75 Å². The molecule has 1 fully saturated rings. The standard InChI is InChI=1S/C24H28N2O3/c1-3-29-24(28)23-20-15-19(27)12-13-21(20)26(18-10-5-4-6-11-18)22(23)16-25-14-8-7-9-17(25)2/h4-6,10-13,15,17,27H,3,7-9,14,16H2,1-2H3. The Morgan fingerprint density at radius 2 is 1.97 bits per heavy atom. The van der Waals surface area contributed by atoms with Crippen LogP contribution in [0.15, 0.2) is 48.5 Å². The third-order valence-corrected chi connectivity index (χ3v) is 5.84. The highest BCUT2D eigenvalue weighted by atomic mass is 16.5. The third kappa shape index (κ3) is 3.75. The van der Waals surface area contributed by atoms with Gasteiger partial charge in [0.25, 0.3) is 0 Å². The van der Waals surface area contributed by atoms with E-state index in [0.29, 0.717) is 24.8 Å². The first kappa shape index (κ1) is 19.5. The van der Waals surface area contributed by atoms with Crippen LogP contribution < -0.4 is 0 Å². The number of rotatable bonds is 5. The zero-order valence-corrected chi connectivity index (χ0v) is 17.1. The summed E-state index contributed by atoms with van der Waals surface area (Å²) in [5, 5.41) is 10.9. The number of carbonyl (C=O) groups is 1. The highest BCUT2D eigenvalue weighted by Crippen LogP contribution is 2.34. The van der Waals surface area contributed by atoms with Gasteiger partial charge in [-0.3, -0.25) is 4.90 Å². The fraction of sp³-hybridized carbons (Fsp3) is 0.375. The van der Waals surface area contributed by atoms with Crippen LogP contribution in [0.5, 0.6) is 5.75 Å². The molecule has 1 saturated heterocycles. The zero-order valence-electron chi connectivity index (χ0n) is 17.1. The number of phenolic OH excluding ortho intramolecular Hbond substituents is 1. The van der Waals surface area contributed by atoms with Crippen molar-refractivity contribution in [2.24, 2.45) is 0 Å². The molecule has 2 heterocycles. The van der Waals surface area contributed by atoms with Crippen LogP contribution in [0.1, 0.15) is 49.2 Å². The zero-order chi connectivity index (χ0) is 20.4. The van der Waals surface area contributed by atoms with Crippen molar-refractivity contribution in [1.29, 1.82) is 0 Å². The molecule has 1 aliphatic heterocycles. The lowest BCUT2D eigenvalue weighted by Gasteiger charge is -2.33. The van der Waals surface area contributed by atoms with Crippen molar-refractivity contribution < 1.29 is 14.6 Å². The second-order valence-corrected chi connectivity index (χ2v) is 7.73. The van der Waals surface area contributed by atoms with Gasteiger partial charge in [0, 0.05) is 23.7 Å². The molecule has 4 rings (SSSR count). The summed E-state index contributed by atoms with van der Waals surface area (Å²) in [7, 11) is 0. The molecule has 29 heavy (non-hydrogen) atoms. The Labute approximate surface area is 171 Å². The van der Waals surface area contributed by atoms with Gasteiger partial charge in [0.2, 0.25) is 0 Å². The first-order valence-electron chi connectivity index (χ1n) is 10.4. The van der Waals surface area contributed by atoms with E-state index >= 15 is 0 Å². The molecular weight excluding hydrogens is 364 g/mol. The lowest BCUT2D eigenvalue weighted by Crippen LogP contribution is -2.37. The van der Waals surface area contributed by atoms with E-state index in [2.05, 4.69) is 16.4 Å². The van der Waals surface area contributed by atoms with Crippen LogP contribution in [0.4, 0.5) is 0 Å². The van der Waals surface area contributed by atoms with Gasteiger partial charge >= 0.3 is 5.97 Å². The summed E-state index contributed by atoms with van der Waals surface area (Å²) < 4.78 is 7.57. The largest absolute Gasteiger partial charge is 0.508 e. The summed E-state index contributed by atoms with van der Waals surface area (Å²) in [5.41, 5.74) is 3.37. The van der Waals surface area contributed by atoms with E-state index in [-0.39, 0.29) is 11.7 Å². The van der Waals surface area contributed by atoms with Gasteiger partial charge in [-0.05, 0) is 63.6 Å². The smallest absolute Gasteiger partial charge is 0.340 e. The van der Waals surface area contributed by atoms with Gasteiger partial charge in [-0.15, -0.1) is 0 Å². The summed E-state index contributed by atoms with van der Waals surface area (Å²) in [6.45, 7) is 6.07. The van der Waals surface area contributed by atoms with E-state index < -0.39 is 0 Å². The van der Waals surface area contributed by atoms with Crippen molar-refractivity contribution in [3.63, 3.8) is 0 Å². The average molecular weight is 392 g/mol. The molecule has 3 aromatic rings. The highest BCUT2D eigenvalue weighted by Gasteiger charge is 2.28. The van der Waals surface area contributed by atoms with Crippen LogP contribution in [0.2, 0.25) is 0 Å². The number of benzene rings is 2. The maximum atomic E-state index is 13.0. The fourth-order valence-corrected chi connectivity index (χ4v) is 4.37. The summed E-state index contributed by atoms with van der Waals surface area (Å²) in [4.78, 5) is 15.5. The molecule has 152 valence electrons. The van der Waals surface area contributed by atoms with E-state index in [1.54, 1.807) is 12.1 Å². The lowest BCUT2D eigenvalue weighted by atomic mass is 10.0. The SMILES string of the molecule is CCOC(=O)c1c(CN2CCCCC2C)n(-c2ccccc2)c2ccc(O)cc12. The number of piperidine rings is 1. The van der Waals surface area contributed by atoms with Crippen LogP contribution in [-0.4, -0.2) is 39.7 Å². The number of phenols is 1. The summed E-state index contributed by atoms with van der Waals surface area (Å²) in [6.07, 6.45) is 3.59. The van der Waals surface area contributed by atoms with Crippen molar-refractivity contribution in [1.82, 2.24) is 9.47 Å². The number of para-hydroxylation sites is 1. The number of aromatic nitrogens is 1. The molecule has 0 aliphatic carbocycles. The van der Waals surface area contributed by atoms with Crippen LogP contribution >= 0.6 is 0 Å². The minimum atomic E-state index is -0.336. The average Bonchev–Trinajstić information content (AvgIpc) is 3.03. The quantitative estimate of drug-likeness (QED) is 0.628. The van der Waals surface area contributed by atoms with Gasteiger partial charge in [-0.25, -0.2) is 4.79 Å². The molecule has 1 N–H and O–H groups in total. The van der Waals surface area contributed by atoms with Crippen molar-refractivity contribution in [2.45, 2.75) is 45.7 Å². The minimum absolute atomic E-state index is 0.145. The fourth-order valence-electron chi connectivity index (χ4n) is 4.37. The molecule has 0 radical (unpaired) electrons. The number of aromatic hydroxyl groups is 1. The van der Waals surface area contributed by atoms with E-state index in [4.69, 9.17) is 4.74 Å². The predicted molar refractivity (Wildman–Crippen MR) is 115 cm³/mol. The molecule has 5 heteroatoms. The van der Waals surface area contributed by atoms with Crippen molar-refractivity contribution in [3.05, 3.63) is 59.8 Å². The molecular formula is C24H28N2O3. The van der Waals surface area contributed by atoms with Crippen molar-refractivity contribution in [2.75, 3.05) is 13.2 Å². The molecule has 1 unspecified atom stereocenters. The summed E-state index contributed by atoms with van der Waals surface area (Å²) >= 11 is 0. The summed E-state index contributed by atoms with van der Waals surface area (Å²) in [6, 6.07) is 15.8. The number of esters is 1. The Hall–Kier alpha value is -2.79. The molecule has 1 aliphatic rings. The van der Waals surface area contributed by atoms with Gasteiger partial charge in [0.15, 0.2) is 0 Å². The molecule has 0 saturated carbocycles. The number of carbonyl (C=O) groups excluding carboxylic acids is 1. The Morgan fingerprint density at radius 3 is 2.69 bits per heavy atom. The molecule has 5 nitrogen and oxygen atoms in total. The summed E-state index contributed by atoms with van der Waals surface area (Å²) in [5.74, 6) is -0.191. The lowest BCUT2D eigenvalue weighted by molar-refractivity contribution is 0.0524. The van der Waals surface area contributed by atoms with Crippen LogP contribution in [-0.2, 0) is 11.3 Å². The van der Waals surface area contributed by atoms with Gasteiger partial charge < -0.3 is 14.4 Å². The Bertz CT molecular complexity index is 1010. The Kier molecular flexibility index (Phi) is 5.58. The normalized spacial score (nSPS) is 17.5. The minimum Gasteiger partial charge on any atom is -0.508 e. The molecule has 2 aromatic carbocycles. The van der Waals surface area contributed by atoms with Crippen LogP contribution in [0.25, 0.3) is 16.6 Å². The Balaban J connectivity index is 1.96. The maximum absolute atomic E-state index is 13.0. The van der Waals surface area contributed by atoms with E-state index in [1.807, 2.05) is 43.3 Å². The monoisotopic (exact) mass is 392 g/mol. The second kappa shape index (κ2) is 8.29. The molecule has 0 spiro atoms. The van der Waals surface area contributed by atoms with E-state index in [9.17, 15) is 9.90 Å². The topological polar surface area (TPSA) is 54.7 Å². The molecule has 1 atom stereocenters. The number of likely N-dealkylation sites (tertiary alicyclic amines) is 1. The molecule has 1 aromatic heterocycles. The van der Waals surface area contributed by atoms with Crippen molar-refractivity contribution in [3.8, 4) is 11.4 Å². The third-order valence-electron chi connectivity index (χ3n) is 5.84. The van der Waals surface area contributed by atoms with Crippen LogP contribution in [0.3, 0.4) is 0 Å². The van der Waals surface area contributed by atoms with E-state index in [1.165, 1.54) is 19.3 Å². The van der Waals surface area contributed by atoms with Gasteiger partial charge in [0.05, 0.1) is 23.4 Å². The number of fused-ring (bicyclic) bond motifs is 1. The highest BCUT2D eigenvalue weighted by molar-refractivity contribution is 6.07. The first-order chi connectivity index (χ1) is 14.1. The first-order valence-corrected chi connectivity index (χ1v) is 10.4. The second-order valence-electron chi connectivity index (χ2n) is 7.73. The maximum Gasteiger partial charge on any atom is 0.340 e. The molecule has 0 amide bonds.